The average molecular weight is 304 g/mol. The first-order chi connectivity index (χ1) is 10.1. The van der Waals surface area contributed by atoms with Gasteiger partial charge in [-0.15, -0.1) is 0 Å². The van der Waals surface area contributed by atoms with Crippen LogP contribution in [0.15, 0.2) is 48.5 Å². The molecule has 0 aliphatic carbocycles. The van der Waals surface area contributed by atoms with Crippen LogP contribution >= 0.6 is 11.6 Å². The highest BCUT2D eigenvalue weighted by atomic mass is 35.5. The van der Waals surface area contributed by atoms with Gasteiger partial charge in [-0.2, -0.15) is 0 Å². The van der Waals surface area contributed by atoms with Gasteiger partial charge in [0.1, 0.15) is 5.75 Å². The number of rotatable bonds is 7. The SMILES string of the molecule is CC(C)NCc1ccc(OCCc2ccccc2)c(Cl)c1. The van der Waals surface area contributed by atoms with Crippen molar-refractivity contribution in [1.82, 2.24) is 5.32 Å². The van der Waals surface area contributed by atoms with Gasteiger partial charge in [-0.05, 0) is 23.3 Å². The van der Waals surface area contributed by atoms with E-state index in [0.29, 0.717) is 17.7 Å². The van der Waals surface area contributed by atoms with Gasteiger partial charge < -0.3 is 10.1 Å². The molecule has 2 rings (SSSR count). The smallest absolute Gasteiger partial charge is 0.137 e. The molecule has 112 valence electrons. The second kappa shape index (κ2) is 8.06. The van der Waals surface area contributed by atoms with Crippen molar-refractivity contribution in [3.63, 3.8) is 0 Å². The molecular weight excluding hydrogens is 282 g/mol. The molecule has 0 fully saturated rings. The summed E-state index contributed by atoms with van der Waals surface area (Å²) in [7, 11) is 0. The Balaban J connectivity index is 1.86. The summed E-state index contributed by atoms with van der Waals surface area (Å²) in [6.45, 7) is 5.71. The minimum atomic E-state index is 0.463. The van der Waals surface area contributed by atoms with E-state index in [1.807, 2.05) is 30.3 Å². The minimum Gasteiger partial charge on any atom is -0.492 e. The third kappa shape index (κ3) is 5.41. The fourth-order valence-electron chi connectivity index (χ4n) is 2.02. The van der Waals surface area contributed by atoms with Crippen LogP contribution in [0.4, 0.5) is 0 Å². The lowest BCUT2D eigenvalue weighted by Gasteiger charge is -2.11. The molecule has 0 saturated heterocycles. The molecule has 21 heavy (non-hydrogen) atoms. The maximum Gasteiger partial charge on any atom is 0.137 e. The van der Waals surface area contributed by atoms with Gasteiger partial charge in [0.15, 0.2) is 0 Å². The number of hydrogen-bond acceptors (Lipinski definition) is 2. The van der Waals surface area contributed by atoms with Gasteiger partial charge in [0.05, 0.1) is 11.6 Å². The highest BCUT2D eigenvalue weighted by molar-refractivity contribution is 6.32. The van der Waals surface area contributed by atoms with E-state index < -0.39 is 0 Å². The van der Waals surface area contributed by atoms with Gasteiger partial charge >= 0.3 is 0 Å². The monoisotopic (exact) mass is 303 g/mol. The normalized spacial score (nSPS) is 10.9. The first-order valence-electron chi connectivity index (χ1n) is 7.33. The zero-order valence-electron chi connectivity index (χ0n) is 12.6. The largest absolute Gasteiger partial charge is 0.492 e. The van der Waals surface area contributed by atoms with Gasteiger partial charge in [-0.1, -0.05) is 61.8 Å². The lowest BCUT2D eigenvalue weighted by Crippen LogP contribution is -2.21. The second-order valence-corrected chi connectivity index (χ2v) is 5.79. The number of nitrogens with one attached hydrogen (secondary N) is 1. The van der Waals surface area contributed by atoms with Crippen molar-refractivity contribution in [1.29, 1.82) is 0 Å². The summed E-state index contributed by atoms with van der Waals surface area (Å²) >= 11 is 6.27. The fourth-order valence-corrected chi connectivity index (χ4v) is 2.27. The van der Waals surface area contributed by atoms with Gasteiger partial charge in [0.25, 0.3) is 0 Å². The molecule has 2 aromatic rings. The van der Waals surface area contributed by atoms with Crippen molar-refractivity contribution in [2.75, 3.05) is 6.61 Å². The van der Waals surface area contributed by atoms with E-state index in [1.165, 1.54) is 11.1 Å². The molecular formula is C18H22ClNO. The van der Waals surface area contributed by atoms with Crippen LogP contribution in [0.2, 0.25) is 5.02 Å². The van der Waals surface area contributed by atoms with Crippen molar-refractivity contribution < 1.29 is 4.74 Å². The number of benzene rings is 2. The Labute approximate surface area is 132 Å². The second-order valence-electron chi connectivity index (χ2n) is 5.38. The quantitative estimate of drug-likeness (QED) is 0.815. The summed E-state index contributed by atoms with van der Waals surface area (Å²) in [5, 5.41) is 4.05. The Morgan fingerprint density at radius 1 is 1.05 bits per heavy atom. The summed E-state index contributed by atoms with van der Waals surface area (Å²) in [5.41, 5.74) is 2.44. The summed E-state index contributed by atoms with van der Waals surface area (Å²) in [5.74, 6) is 0.751. The van der Waals surface area contributed by atoms with E-state index in [9.17, 15) is 0 Å². The molecule has 1 N–H and O–H groups in total. The highest BCUT2D eigenvalue weighted by Gasteiger charge is 2.04. The number of hydrogen-bond donors (Lipinski definition) is 1. The van der Waals surface area contributed by atoms with Crippen molar-refractivity contribution in [2.24, 2.45) is 0 Å². The molecule has 0 aliphatic heterocycles. The molecule has 0 spiro atoms. The van der Waals surface area contributed by atoms with Crippen LogP contribution in [-0.4, -0.2) is 12.6 Å². The molecule has 0 bridgehead atoms. The molecule has 2 aromatic carbocycles. The molecule has 0 saturated carbocycles. The van der Waals surface area contributed by atoms with Crippen molar-refractivity contribution >= 4 is 11.6 Å². The first-order valence-corrected chi connectivity index (χ1v) is 7.71. The lowest BCUT2D eigenvalue weighted by molar-refractivity contribution is 0.322. The molecule has 0 heterocycles. The van der Waals surface area contributed by atoms with Gasteiger partial charge in [0.2, 0.25) is 0 Å². The van der Waals surface area contributed by atoms with E-state index in [4.69, 9.17) is 16.3 Å². The standard InChI is InChI=1S/C18H22ClNO/c1-14(2)20-13-16-8-9-18(17(19)12-16)21-11-10-15-6-4-3-5-7-15/h3-9,12,14,20H,10-11,13H2,1-2H3. The predicted molar refractivity (Wildman–Crippen MR) is 89.1 cm³/mol. The van der Waals surface area contributed by atoms with Crippen molar-refractivity contribution in [3.8, 4) is 5.75 Å². The van der Waals surface area contributed by atoms with Crippen LogP contribution in [-0.2, 0) is 13.0 Å². The van der Waals surface area contributed by atoms with Gasteiger partial charge in [-0.25, -0.2) is 0 Å². The van der Waals surface area contributed by atoms with Crippen LogP contribution in [0.5, 0.6) is 5.75 Å². The molecule has 0 radical (unpaired) electrons. The van der Waals surface area contributed by atoms with Crippen molar-refractivity contribution in [3.05, 3.63) is 64.7 Å². The molecule has 3 heteroatoms. The molecule has 0 unspecified atom stereocenters. The van der Waals surface area contributed by atoms with E-state index in [-0.39, 0.29) is 0 Å². The summed E-state index contributed by atoms with van der Waals surface area (Å²) < 4.78 is 5.77. The third-order valence-corrected chi connectivity index (χ3v) is 3.50. The number of halogens is 1. The molecule has 0 amide bonds. The molecule has 0 aliphatic rings. The van der Waals surface area contributed by atoms with Gasteiger partial charge in [0, 0.05) is 19.0 Å². The topological polar surface area (TPSA) is 21.3 Å². The summed E-state index contributed by atoms with van der Waals surface area (Å²) in [6.07, 6.45) is 0.883. The summed E-state index contributed by atoms with van der Waals surface area (Å²) in [4.78, 5) is 0. The van der Waals surface area contributed by atoms with Crippen LogP contribution in [0, 0.1) is 0 Å². The Hall–Kier alpha value is -1.51. The predicted octanol–water partition coefficient (Wildman–Crippen LogP) is 4.46. The van der Waals surface area contributed by atoms with Crippen LogP contribution in [0.1, 0.15) is 25.0 Å². The Kier molecular flexibility index (Phi) is 6.09. The number of ether oxygens (including phenoxy) is 1. The zero-order chi connectivity index (χ0) is 15.1. The minimum absolute atomic E-state index is 0.463. The van der Waals surface area contributed by atoms with Gasteiger partial charge in [-0.3, -0.25) is 0 Å². The molecule has 0 aromatic heterocycles. The van der Waals surface area contributed by atoms with Crippen LogP contribution in [0.3, 0.4) is 0 Å². The first kappa shape index (κ1) is 15.9. The maximum absolute atomic E-state index is 6.27. The average Bonchev–Trinajstić information content (AvgIpc) is 2.48. The van der Waals surface area contributed by atoms with Crippen molar-refractivity contribution in [2.45, 2.75) is 32.9 Å². The Morgan fingerprint density at radius 3 is 2.48 bits per heavy atom. The van der Waals surface area contributed by atoms with Crippen LogP contribution in [0.25, 0.3) is 0 Å². The Bertz CT molecular complexity index is 554. The van der Waals surface area contributed by atoms with Crippen LogP contribution < -0.4 is 10.1 Å². The fraction of sp³-hybridized carbons (Fsp3) is 0.333. The van der Waals surface area contributed by atoms with E-state index in [2.05, 4.69) is 37.4 Å². The molecule has 2 nitrogen and oxygen atoms in total. The Morgan fingerprint density at radius 2 is 1.81 bits per heavy atom. The maximum atomic E-state index is 6.27. The van der Waals surface area contributed by atoms with E-state index >= 15 is 0 Å². The molecule has 0 atom stereocenters. The summed E-state index contributed by atoms with van der Waals surface area (Å²) in [6, 6.07) is 16.7. The zero-order valence-corrected chi connectivity index (χ0v) is 13.4. The highest BCUT2D eigenvalue weighted by Crippen LogP contribution is 2.25. The van der Waals surface area contributed by atoms with E-state index in [1.54, 1.807) is 0 Å². The third-order valence-electron chi connectivity index (χ3n) is 3.20. The lowest BCUT2D eigenvalue weighted by atomic mass is 10.2. The van der Waals surface area contributed by atoms with E-state index in [0.717, 1.165) is 18.7 Å².